The van der Waals surface area contributed by atoms with Gasteiger partial charge in [0.05, 0.1) is 7.11 Å². The van der Waals surface area contributed by atoms with E-state index in [2.05, 4.69) is 33.9 Å². The number of rotatable bonds is 5. The standard InChI is InChI=1S/C13H19N3OS/c1-13(2)6-9(13)7-14-8-10-11(17-3)15-12-16(10)4-5-18-12/h4-5,9,14H,6-8H2,1-3H3. The van der Waals surface area contributed by atoms with Crippen LogP contribution in [0.1, 0.15) is 26.0 Å². The average Bonchev–Trinajstić information content (AvgIpc) is 2.68. The molecule has 1 saturated carbocycles. The smallest absolute Gasteiger partial charge is 0.237 e. The van der Waals surface area contributed by atoms with Crippen molar-refractivity contribution in [2.45, 2.75) is 26.8 Å². The molecule has 1 N–H and O–H groups in total. The summed E-state index contributed by atoms with van der Waals surface area (Å²) in [6.07, 6.45) is 3.38. The molecule has 0 saturated heterocycles. The second-order valence-electron chi connectivity index (χ2n) is 5.64. The lowest BCUT2D eigenvalue weighted by Gasteiger charge is -2.07. The highest BCUT2D eigenvalue weighted by Gasteiger charge is 2.44. The van der Waals surface area contributed by atoms with Crippen LogP contribution in [-0.4, -0.2) is 23.0 Å². The van der Waals surface area contributed by atoms with Gasteiger partial charge in [-0.3, -0.25) is 4.40 Å². The van der Waals surface area contributed by atoms with E-state index in [9.17, 15) is 0 Å². The summed E-state index contributed by atoms with van der Waals surface area (Å²) in [5.41, 5.74) is 1.65. The van der Waals surface area contributed by atoms with Crippen molar-refractivity contribution in [1.82, 2.24) is 14.7 Å². The number of fused-ring (bicyclic) bond motifs is 1. The molecule has 0 aromatic carbocycles. The van der Waals surface area contributed by atoms with E-state index in [4.69, 9.17) is 4.74 Å². The first kappa shape index (κ1) is 12.0. The molecule has 1 aliphatic rings. The van der Waals surface area contributed by atoms with Gasteiger partial charge in [-0.2, -0.15) is 4.98 Å². The number of hydrogen-bond donors (Lipinski definition) is 1. The number of imidazole rings is 1. The van der Waals surface area contributed by atoms with E-state index < -0.39 is 0 Å². The summed E-state index contributed by atoms with van der Waals surface area (Å²) in [5, 5.41) is 5.58. The van der Waals surface area contributed by atoms with Gasteiger partial charge >= 0.3 is 0 Å². The number of thiazole rings is 1. The Bertz CT molecular complexity index is 558. The number of methoxy groups -OCH3 is 1. The van der Waals surface area contributed by atoms with E-state index in [-0.39, 0.29) is 0 Å². The number of aromatic nitrogens is 2. The molecule has 18 heavy (non-hydrogen) atoms. The van der Waals surface area contributed by atoms with Gasteiger partial charge in [0.1, 0.15) is 5.69 Å². The molecule has 1 fully saturated rings. The Labute approximate surface area is 111 Å². The highest BCUT2D eigenvalue weighted by atomic mass is 32.1. The minimum atomic E-state index is 0.534. The van der Waals surface area contributed by atoms with Crippen molar-refractivity contribution in [3.8, 4) is 5.88 Å². The summed E-state index contributed by atoms with van der Waals surface area (Å²) in [6.45, 7) is 6.55. The maximum atomic E-state index is 5.34. The Morgan fingerprint density at radius 3 is 3.06 bits per heavy atom. The lowest BCUT2D eigenvalue weighted by molar-refractivity contribution is 0.392. The minimum absolute atomic E-state index is 0.534. The quantitative estimate of drug-likeness (QED) is 0.903. The van der Waals surface area contributed by atoms with Gasteiger partial charge in [-0.25, -0.2) is 0 Å². The minimum Gasteiger partial charge on any atom is -0.480 e. The molecule has 1 unspecified atom stereocenters. The van der Waals surface area contributed by atoms with Gasteiger partial charge in [0.2, 0.25) is 5.88 Å². The van der Waals surface area contributed by atoms with E-state index in [1.54, 1.807) is 18.4 Å². The maximum Gasteiger partial charge on any atom is 0.237 e. The summed E-state index contributed by atoms with van der Waals surface area (Å²) in [4.78, 5) is 5.45. The molecule has 0 radical (unpaired) electrons. The third kappa shape index (κ3) is 2.01. The van der Waals surface area contributed by atoms with E-state index in [0.29, 0.717) is 5.41 Å². The first-order valence-corrected chi connectivity index (χ1v) is 7.19. The van der Waals surface area contributed by atoms with Gasteiger partial charge in [-0.1, -0.05) is 13.8 Å². The largest absolute Gasteiger partial charge is 0.480 e. The van der Waals surface area contributed by atoms with Crippen LogP contribution < -0.4 is 10.1 Å². The molecule has 1 atom stereocenters. The number of nitrogens with one attached hydrogen (secondary N) is 1. The van der Waals surface area contributed by atoms with Gasteiger partial charge < -0.3 is 10.1 Å². The summed E-state index contributed by atoms with van der Waals surface area (Å²) in [6, 6.07) is 0. The van der Waals surface area contributed by atoms with Crippen molar-refractivity contribution >= 4 is 16.3 Å². The molecule has 0 aliphatic heterocycles. The van der Waals surface area contributed by atoms with Crippen molar-refractivity contribution < 1.29 is 4.74 Å². The van der Waals surface area contributed by atoms with Crippen molar-refractivity contribution in [3.05, 3.63) is 17.3 Å². The zero-order chi connectivity index (χ0) is 12.8. The molecule has 2 aromatic heterocycles. The van der Waals surface area contributed by atoms with E-state index >= 15 is 0 Å². The molecule has 0 spiro atoms. The molecule has 0 amide bonds. The van der Waals surface area contributed by atoms with Crippen LogP contribution in [0.3, 0.4) is 0 Å². The van der Waals surface area contributed by atoms with Gasteiger partial charge in [0.15, 0.2) is 4.96 Å². The fourth-order valence-electron chi connectivity index (χ4n) is 2.43. The van der Waals surface area contributed by atoms with Crippen LogP contribution in [0.2, 0.25) is 0 Å². The van der Waals surface area contributed by atoms with Crippen LogP contribution >= 0.6 is 11.3 Å². The van der Waals surface area contributed by atoms with Crippen molar-refractivity contribution in [2.24, 2.45) is 11.3 Å². The van der Waals surface area contributed by atoms with Crippen LogP contribution in [-0.2, 0) is 6.54 Å². The predicted octanol–water partition coefficient (Wildman–Crippen LogP) is 2.54. The molecule has 3 rings (SSSR count). The van der Waals surface area contributed by atoms with Crippen molar-refractivity contribution in [2.75, 3.05) is 13.7 Å². The fourth-order valence-corrected chi connectivity index (χ4v) is 3.15. The lowest BCUT2D eigenvalue weighted by Crippen LogP contribution is -2.19. The van der Waals surface area contributed by atoms with Crippen LogP contribution in [0.4, 0.5) is 0 Å². The fraction of sp³-hybridized carbons (Fsp3) is 0.615. The molecular formula is C13H19N3OS. The first-order valence-electron chi connectivity index (χ1n) is 6.31. The van der Waals surface area contributed by atoms with Gasteiger partial charge in [-0.05, 0) is 24.3 Å². The van der Waals surface area contributed by atoms with Crippen LogP contribution in [0.5, 0.6) is 5.88 Å². The van der Waals surface area contributed by atoms with E-state index in [1.807, 2.05) is 6.20 Å². The van der Waals surface area contributed by atoms with Gasteiger partial charge in [0, 0.05) is 18.1 Å². The summed E-state index contributed by atoms with van der Waals surface area (Å²) >= 11 is 1.63. The molecule has 2 heterocycles. The average molecular weight is 265 g/mol. The zero-order valence-electron chi connectivity index (χ0n) is 11.1. The normalized spacial score (nSPS) is 21.4. The Hall–Kier alpha value is -1.07. The highest BCUT2D eigenvalue weighted by Crippen LogP contribution is 2.51. The Morgan fingerprint density at radius 1 is 1.61 bits per heavy atom. The third-order valence-corrected chi connectivity index (χ3v) is 4.67. The summed E-state index contributed by atoms with van der Waals surface area (Å²) in [7, 11) is 1.68. The van der Waals surface area contributed by atoms with Crippen LogP contribution in [0, 0.1) is 11.3 Å². The molecule has 5 heteroatoms. The highest BCUT2D eigenvalue weighted by molar-refractivity contribution is 7.15. The van der Waals surface area contributed by atoms with Gasteiger partial charge in [-0.15, -0.1) is 11.3 Å². The Morgan fingerprint density at radius 2 is 2.39 bits per heavy atom. The maximum absolute atomic E-state index is 5.34. The molecule has 1 aliphatic carbocycles. The molecule has 0 bridgehead atoms. The van der Waals surface area contributed by atoms with E-state index in [1.165, 1.54) is 6.42 Å². The third-order valence-electron chi connectivity index (χ3n) is 3.92. The Kier molecular flexibility index (Phi) is 2.83. The monoisotopic (exact) mass is 265 g/mol. The number of ether oxygens (including phenoxy) is 1. The molecule has 2 aromatic rings. The van der Waals surface area contributed by atoms with Gasteiger partial charge in [0.25, 0.3) is 0 Å². The van der Waals surface area contributed by atoms with E-state index in [0.717, 1.165) is 35.5 Å². The topological polar surface area (TPSA) is 38.6 Å². The second-order valence-corrected chi connectivity index (χ2v) is 6.52. The number of nitrogens with zero attached hydrogens (tertiary/aromatic N) is 2. The number of hydrogen-bond acceptors (Lipinski definition) is 4. The van der Waals surface area contributed by atoms with Crippen molar-refractivity contribution in [3.63, 3.8) is 0 Å². The molecule has 4 nitrogen and oxygen atoms in total. The zero-order valence-corrected chi connectivity index (χ0v) is 11.9. The SMILES string of the molecule is COc1nc2sccn2c1CNCC1CC1(C)C. The molecule has 98 valence electrons. The van der Waals surface area contributed by atoms with Crippen LogP contribution in [0.25, 0.3) is 4.96 Å². The summed E-state index contributed by atoms with van der Waals surface area (Å²) < 4.78 is 7.44. The Balaban J connectivity index is 1.68. The second kappa shape index (κ2) is 4.24. The molecular weight excluding hydrogens is 246 g/mol. The summed E-state index contributed by atoms with van der Waals surface area (Å²) in [5.74, 6) is 1.55. The first-order chi connectivity index (χ1) is 8.62. The van der Waals surface area contributed by atoms with Crippen molar-refractivity contribution in [1.29, 1.82) is 0 Å². The van der Waals surface area contributed by atoms with Crippen LogP contribution in [0.15, 0.2) is 11.6 Å². The lowest BCUT2D eigenvalue weighted by atomic mass is 10.1. The predicted molar refractivity (Wildman–Crippen MR) is 73.2 cm³/mol.